The molecule has 1 amide bonds. The second-order valence-electron chi connectivity index (χ2n) is 4.06. The summed E-state index contributed by atoms with van der Waals surface area (Å²) in [5.74, 6) is 0.0622. The van der Waals surface area contributed by atoms with Gasteiger partial charge in [-0.15, -0.1) is 0 Å². The molecule has 1 aliphatic carbocycles. The zero-order valence-electron chi connectivity index (χ0n) is 8.81. The van der Waals surface area contributed by atoms with E-state index in [0.717, 1.165) is 12.8 Å². The van der Waals surface area contributed by atoms with E-state index in [1.54, 1.807) is 17.9 Å². The van der Waals surface area contributed by atoms with Gasteiger partial charge in [-0.25, -0.2) is 0 Å². The average molecular weight is 208 g/mol. The number of rotatable bonds is 5. The number of hydrogen-bond acceptors (Lipinski definition) is 3. The molecule has 1 aliphatic rings. The number of amides is 1. The van der Waals surface area contributed by atoms with Crippen molar-refractivity contribution < 1.29 is 4.79 Å². The number of nitrogens with two attached hydrogens (primary N) is 1. The molecule has 0 saturated heterocycles. The van der Waals surface area contributed by atoms with Gasteiger partial charge in [0.15, 0.2) is 0 Å². The molecule has 1 saturated carbocycles. The van der Waals surface area contributed by atoms with Gasteiger partial charge >= 0.3 is 0 Å². The predicted molar refractivity (Wildman–Crippen MR) is 55.9 cm³/mol. The van der Waals surface area contributed by atoms with Crippen molar-refractivity contribution in [3.8, 4) is 0 Å². The van der Waals surface area contributed by atoms with E-state index in [-0.39, 0.29) is 5.91 Å². The van der Waals surface area contributed by atoms with Gasteiger partial charge in [-0.05, 0) is 31.9 Å². The number of carbonyl (C=O) groups excluding carboxylic acids is 1. The van der Waals surface area contributed by atoms with Crippen LogP contribution in [0, 0.1) is 5.92 Å². The number of primary amides is 1. The molecule has 5 heteroatoms. The molecule has 0 aliphatic heterocycles. The first kappa shape index (κ1) is 10.2. The molecular formula is C10H16N4O. The third kappa shape index (κ3) is 1.74. The summed E-state index contributed by atoms with van der Waals surface area (Å²) in [6.45, 7) is 0.510. The molecule has 0 bridgehead atoms. The van der Waals surface area contributed by atoms with Crippen LogP contribution in [0.3, 0.4) is 0 Å². The monoisotopic (exact) mass is 208 g/mol. The number of nitrogens with zero attached hydrogens (tertiary/aromatic N) is 2. The third-order valence-electron chi connectivity index (χ3n) is 3.13. The van der Waals surface area contributed by atoms with Crippen LogP contribution in [0.1, 0.15) is 12.8 Å². The summed E-state index contributed by atoms with van der Waals surface area (Å²) in [5, 5.41) is 7.19. The van der Waals surface area contributed by atoms with Gasteiger partial charge < -0.3 is 11.1 Å². The molecule has 1 heterocycles. The zero-order valence-corrected chi connectivity index (χ0v) is 8.81. The summed E-state index contributed by atoms with van der Waals surface area (Å²) in [6.07, 6.45) is 5.67. The predicted octanol–water partition coefficient (Wildman–Crippen LogP) is -0.263. The Morgan fingerprint density at radius 3 is 2.87 bits per heavy atom. The summed E-state index contributed by atoms with van der Waals surface area (Å²) in [7, 11) is 1.78. The summed E-state index contributed by atoms with van der Waals surface area (Å²) in [5.41, 5.74) is 4.86. The third-order valence-corrected chi connectivity index (χ3v) is 3.13. The fraction of sp³-hybridized carbons (Fsp3) is 0.600. The SMILES string of the molecule is CNC(Cn1cccn1)(C(N)=O)C1CC1. The summed E-state index contributed by atoms with van der Waals surface area (Å²) < 4.78 is 1.75. The molecular weight excluding hydrogens is 192 g/mol. The maximum Gasteiger partial charge on any atom is 0.239 e. The van der Waals surface area contributed by atoms with E-state index in [2.05, 4.69) is 10.4 Å². The summed E-state index contributed by atoms with van der Waals surface area (Å²) >= 11 is 0. The molecule has 3 N–H and O–H groups in total. The van der Waals surface area contributed by atoms with E-state index < -0.39 is 5.54 Å². The molecule has 15 heavy (non-hydrogen) atoms. The van der Waals surface area contributed by atoms with Crippen LogP contribution in [0.4, 0.5) is 0 Å². The standard InChI is InChI=1S/C10H16N4O/c1-12-10(9(11)15,8-3-4-8)7-14-6-2-5-13-14/h2,5-6,8,12H,3-4,7H2,1H3,(H2,11,15). The van der Waals surface area contributed by atoms with E-state index in [1.165, 1.54) is 0 Å². The Balaban J connectivity index is 2.21. The van der Waals surface area contributed by atoms with Crippen molar-refractivity contribution >= 4 is 5.91 Å². The molecule has 1 fully saturated rings. The van der Waals surface area contributed by atoms with E-state index >= 15 is 0 Å². The molecule has 0 radical (unpaired) electrons. The fourth-order valence-electron chi connectivity index (χ4n) is 2.04. The highest BCUT2D eigenvalue weighted by Gasteiger charge is 2.49. The molecule has 0 aromatic carbocycles. The van der Waals surface area contributed by atoms with Crippen LogP contribution in [-0.4, -0.2) is 28.3 Å². The van der Waals surface area contributed by atoms with E-state index in [1.807, 2.05) is 12.3 Å². The number of nitrogens with one attached hydrogen (secondary N) is 1. The summed E-state index contributed by atoms with van der Waals surface area (Å²) in [4.78, 5) is 11.6. The van der Waals surface area contributed by atoms with E-state index in [0.29, 0.717) is 12.5 Å². The van der Waals surface area contributed by atoms with Gasteiger partial charge in [0.25, 0.3) is 0 Å². The van der Waals surface area contributed by atoms with Crippen LogP contribution < -0.4 is 11.1 Å². The lowest BCUT2D eigenvalue weighted by atomic mass is 9.92. The molecule has 82 valence electrons. The van der Waals surface area contributed by atoms with Crippen LogP contribution in [0.25, 0.3) is 0 Å². The fourth-order valence-corrected chi connectivity index (χ4v) is 2.04. The average Bonchev–Trinajstić information content (AvgIpc) is 2.94. The van der Waals surface area contributed by atoms with E-state index in [4.69, 9.17) is 5.73 Å². The second-order valence-corrected chi connectivity index (χ2v) is 4.06. The Bertz CT molecular complexity index is 344. The second kappa shape index (κ2) is 3.66. The van der Waals surface area contributed by atoms with Crippen molar-refractivity contribution in [2.45, 2.75) is 24.9 Å². The lowest BCUT2D eigenvalue weighted by Gasteiger charge is -2.30. The van der Waals surface area contributed by atoms with Crippen LogP contribution in [0.15, 0.2) is 18.5 Å². The largest absolute Gasteiger partial charge is 0.368 e. The van der Waals surface area contributed by atoms with Crippen LogP contribution in [0.5, 0.6) is 0 Å². The Hall–Kier alpha value is -1.36. The maximum absolute atomic E-state index is 11.6. The number of hydrogen-bond donors (Lipinski definition) is 2. The Morgan fingerprint density at radius 1 is 1.73 bits per heavy atom. The first-order valence-electron chi connectivity index (χ1n) is 5.15. The molecule has 1 aromatic rings. The zero-order chi connectivity index (χ0) is 10.9. The van der Waals surface area contributed by atoms with Gasteiger partial charge in [-0.3, -0.25) is 9.48 Å². The molecule has 5 nitrogen and oxygen atoms in total. The van der Waals surface area contributed by atoms with Gasteiger partial charge in [-0.2, -0.15) is 5.10 Å². The first-order chi connectivity index (χ1) is 7.19. The topological polar surface area (TPSA) is 72.9 Å². The van der Waals surface area contributed by atoms with Gasteiger partial charge in [0.2, 0.25) is 5.91 Å². The van der Waals surface area contributed by atoms with E-state index in [9.17, 15) is 4.79 Å². The van der Waals surface area contributed by atoms with Gasteiger partial charge in [0, 0.05) is 12.4 Å². The molecule has 1 atom stereocenters. The lowest BCUT2D eigenvalue weighted by molar-refractivity contribution is -0.125. The van der Waals surface area contributed by atoms with Crippen molar-refractivity contribution in [2.24, 2.45) is 11.7 Å². The highest BCUT2D eigenvalue weighted by molar-refractivity contribution is 5.85. The number of likely N-dealkylation sites (N-methyl/N-ethyl adjacent to an activating group) is 1. The lowest BCUT2D eigenvalue weighted by Crippen LogP contribution is -2.58. The van der Waals surface area contributed by atoms with Crippen molar-refractivity contribution in [3.63, 3.8) is 0 Å². The first-order valence-corrected chi connectivity index (χ1v) is 5.15. The van der Waals surface area contributed by atoms with Crippen LogP contribution in [0.2, 0.25) is 0 Å². The van der Waals surface area contributed by atoms with Crippen LogP contribution >= 0.6 is 0 Å². The quantitative estimate of drug-likeness (QED) is 0.700. The van der Waals surface area contributed by atoms with Gasteiger partial charge in [0.1, 0.15) is 5.54 Å². The highest BCUT2D eigenvalue weighted by Crippen LogP contribution is 2.40. The van der Waals surface area contributed by atoms with Gasteiger partial charge in [0.05, 0.1) is 6.54 Å². The number of carbonyl (C=O) groups is 1. The molecule has 0 spiro atoms. The Labute approximate surface area is 88.6 Å². The highest BCUT2D eigenvalue weighted by atomic mass is 16.1. The van der Waals surface area contributed by atoms with Crippen molar-refractivity contribution in [1.82, 2.24) is 15.1 Å². The minimum absolute atomic E-state index is 0.289. The normalized spacial score (nSPS) is 19.8. The Morgan fingerprint density at radius 2 is 2.47 bits per heavy atom. The Kier molecular flexibility index (Phi) is 2.48. The maximum atomic E-state index is 11.6. The molecule has 1 unspecified atom stereocenters. The van der Waals surface area contributed by atoms with Gasteiger partial charge in [-0.1, -0.05) is 0 Å². The smallest absolute Gasteiger partial charge is 0.239 e. The number of aromatic nitrogens is 2. The minimum atomic E-state index is -0.633. The van der Waals surface area contributed by atoms with Crippen molar-refractivity contribution in [3.05, 3.63) is 18.5 Å². The molecule has 2 rings (SSSR count). The van der Waals surface area contributed by atoms with Crippen LogP contribution in [-0.2, 0) is 11.3 Å². The minimum Gasteiger partial charge on any atom is -0.368 e. The molecule has 1 aromatic heterocycles. The summed E-state index contributed by atoms with van der Waals surface area (Å²) in [6, 6.07) is 1.84. The van der Waals surface area contributed by atoms with Crippen molar-refractivity contribution in [2.75, 3.05) is 7.05 Å². The van der Waals surface area contributed by atoms with Crippen molar-refractivity contribution in [1.29, 1.82) is 0 Å².